The predicted molar refractivity (Wildman–Crippen MR) is 94.8 cm³/mol. The minimum Gasteiger partial charge on any atom is -0.493 e. The molecular weight excluding hydrogens is 326 g/mol. The highest BCUT2D eigenvalue weighted by molar-refractivity contribution is 6.33. The summed E-state index contributed by atoms with van der Waals surface area (Å²) in [4.78, 5) is 11.2. The number of rotatable bonds is 2. The van der Waals surface area contributed by atoms with Gasteiger partial charge in [-0.3, -0.25) is 0 Å². The van der Waals surface area contributed by atoms with Gasteiger partial charge in [0.15, 0.2) is 0 Å². The second kappa shape index (κ2) is 6.02. The lowest BCUT2D eigenvalue weighted by Crippen LogP contribution is -2.43. The van der Waals surface area contributed by atoms with Crippen LogP contribution in [0.2, 0.25) is 5.02 Å². The lowest BCUT2D eigenvalue weighted by atomic mass is 9.78. The Morgan fingerprint density at radius 3 is 2.75 bits per heavy atom. The second-order valence-corrected chi connectivity index (χ2v) is 7.30. The van der Waals surface area contributed by atoms with Crippen molar-refractivity contribution >= 4 is 17.7 Å². The Hall–Kier alpha value is -2.20. The molecule has 3 rings (SSSR count). The van der Waals surface area contributed by atoms with E-state index >= 15 is 0 Å². The molecule has 2 N–H and O–H groups in total. The van der Waals surface area contributed by atoms with Crippen molar-refractivity contribution < 1.29 is 14.6 Å². The maximum Gasteiger partial charge on any atom is 0.405 e. The van der Waals surface area contributed by atoms with Crippen molar-refractivity contribution in [1.82, 2.24) is 5.32 Å². The van der Waals surface area contributed by atoms with Gasteiger partial charge in [-0.05, 0) is 30.7 Å². The van der Waals surface area contributed by atoms with Crippen molar-refractivity contribution in [1.29, 1.82) is 0 Å². The number of ether oxygens (including phenoxy) is 1. The molecule has 0 aromatic heterocycles. The lowest BCUT2D eigenvalue weighted by molar-refractivity contribution is 0.0996. The van der Waals surface area contributed by atoms with Gasteiger partial charge in [-0.15, -0.1) is 0 Å². The van der Waals surface area contributed by atoms with Gasteiger partial charge in [0.05, 0.1) is 12.6 Å². The molecule has 4 nitrogen and oxygen atoms in total. The Morgan fingerprint density at radius 2 is 2.04 bits per heavy atom. The van der Waals surface area contributed by atoms with E-state index in [2.05, 4.69) is 5.32 Å². The van der Waals surface area contributed by atoms with Gasteiger partial charge in [0, 0.05) is 21.6 Å². The van der Waals surface area contributed by atoms with Crippen LogP contribution >= 0.6 is 11.6 Å². The Labute approximate surface area is 146 Å². The first-order chi connectivity index (χ1) is 11.3. The Morgan fingerprint density at radius 1 is 1.29 bits per heavy atom. The quantitative estimate of drug-likeness (QED) is 0.801. The summed E-state index contributed by atoms with van der Waals surface area (Å²) in [6, 6.07) is 11.4. The van der Waals surface area contributed by atoms with Gasteiger partial charge >= 0.3 is 6.09 Å². The minimum atomic E-state index is -1.04. The minimum absolute atomic E-state index is 0.319. The number of carboxylic acid groups (broad SMARTS) is 1. The molecule has 0 aliphatic carbocycles. The molecule has 0 spiro atoms. The first-order valence-corrected chi connectivity index (χ1v) is 8.18. The number of hydrogen-bond acceptors (Lipinski definition) is 2. The molecular formula is C19H20ClNO3. The maximum atomic E-state index is 11.2. The molecule has 24 heavy (non-hydrogen) atoms. The van der Waals surface area contributed by atoms with Crippen molar-refractivity contribution in [2.45, 2.75) is 26.8 Å². The highest BCUT2D eigenvalue weighted by Gasteiger charge is 2.38. The topological polar surface area (TPSA) is 58.6 Å². The van der Waals surface area contributed by atoms with Crippen LogP contribution in [0.25, 0.3) is 11.1 Å². The fraction of sp³-hybridized carbons (Fsp3) is 0.316. The van der Waals surface area contributed by atoms with Gasteiger partial charge in [0.25, 0.3) is 0 Å². The van der Waals surface area contributed by atoms with E-state index in [1.807, 2.05) is 57.2 Å². The smallest absolute Gasteiger partial charge is 0.405 e. The van der Waals surface area contributed by atoms with Crippen molar-refractivity contribution in [2.24, 2.45) is 5.41 Å². The van der Waals surface area contributed by atoms with Crippen LogP contribution in [0.4, 0.5) is 4.79 Å². The van der Waals surface area contributed by atoms with Crippen LogP contribution in [-0.2, 0) is 0 Å². The molecule has 0 saturated carbocycles. The van der Waals surface area contributed by atoms with Crippen LogP contribution in [0.15, 0.2) is 36.4 Å². The summed E-state index contributed by atoms with van der Waals surface area (Å²) in [5, 5.41) is 12.4. The first-order valence-electron chi connectivity index (χ1n) is 7.81. The fourth-order valence-electron chi connectivity index (χ4n) is 3.09. The van der Waals surface area contributed by atoms with E-state index in [1.54, 1.807) is 0 Å². The number of halogens is 1. The van der Waals surface area contributed by atoms with Crippen LogP contribution in [-0.4, -0.2) is 17.8 Å². The first kappa shape index (κ1) is 16.7. The van der Waals surface area contributed by atoms with E-state index in [9.17, 15) is 4.79 Å². The van der Waals surface area contributed by atoms with Crippen LogP contribution < -0.4 is 10.1 Å². The molecule has 126 valence electrons. The van der Waals surface area contributed by atoms with Crippen molar-refractivity contribution in [3.63, 3.8) is 0 Å². The molecule has 1 amide bonds. The largest absolute Gasteiger partial charge is 0.493 e. The molecule has 1 unspecified atom stereocenters. The Balaban J connectivity index is 2.06. The summed E-state index contributed by atoms with van der Waals surface area (Å²) in [7, 11) is 0. The average Bonchev–Trinajstić information content (AvgIpc) is 2.52. The molecule has 0 bridgehead atoms. The molecule has 5 heteroatoms. The zero-order valence-corrected chi connectivity index (χ0v) is 14.6. The van der Waals surface area contributed by atoms with Gasteiger partial charge in [0.2, 0.25) is 0 Å². The number of carbonyl (C=O) groups is 1. The van der Waals surface area contributed by atoms with Crippen LogP contribution in [0.3, 0.4) is 0 Å². The summed E-state index contributed by atoms with van der Waals surface area (Å²) in [5.41, 5.74) is 3.54. The Bertz CT molecular complexity index is 801. The van der Waals surface area contributed by atoms with Gasteiger partial charge in [-0.2, -0.15) is 0 Å². The summed E-state index contributed by atoms with van der Waals surface area (Å²) in [6.45, 7) is 6.43. The lowest BCUT2D eigenvalue weighted by Gasteiger charge is -2.39. The third-order valence-electron chi connectivity index (χ3n) is 4.41. The van der Waals surface area contributed by atoms with Crippen molar-refractivity contribution in [3.05, 3.63) is 52.5 Å². The maximum absolute atomic E-state index is 11.2. The van der Waals surface area contributed by atoms with Gasteiger partial charge in [-0.1, -0.05) is 49.2 Å². The van der Waals surface area contributed by atoms with Crippen molar-refractivity contribution in [3.8, 4) is 16.9 Å². The van der Waals surface area contributed by atoms with Crippen LogP contribution in [0.1, 0.15) is 31.0 Å². The normalized spacial score (nSPS) is 18.4. The zero-order valence-electron chi connectivity index (χ0n) is 13.9. The van der Waals surface area contributed by atoms with Crippen LogP contribution in [0, 0.1) is 12.3 Å². The summed E-state index contributed by atoms with van der Waals surface area (Å²) >= 11 is 6.33. The molecule has 1 atom stereocenters. The molecule has 0 saturated heterocycles. The molecule has 2 aromatic carbocycles. The third-order valence-corrected chi connectivity index (χ3v) is 4.74. The number of nitrogens with one attached hydrogen (secondary N) is 1. The van der Waals surface area contributed by atoms with E-state index in [1.165, 1.54) is 0 Å². The van der Waals surface area contributed by atoms with Gasteiger partial charge in [0.1, 0.15) is 5.75 Å². The fourth-order valence-corrected chi connectivity index (χ4v) is 3.32. The summed E-state index contributed by atoms with van der Waals surface area (Å²) < 4.78 is 5.91. The monoisotopic (exact) mass is 345 g/mol. The molecule has 1 aliphatic heterocycles. The summed E-state index contributed by atoms with van der Waals surface area (Å²) in [6.07, 6.45) is -1.04. The number of fused-ring (bicyclic) bond motifs is 1. The zero-order chi connectivity index (χ0) is 17.5. The number of amides is 1. The van der Waals surface area contributed by atoms with Crippen molar-refractivity contribution in [2.75, 3.05) is 6.61 Å². The van der Waals surface area contributed by atoms with Gasteiger partial charge < -0.3 is 15.2 Å². The molecule has 1 heterocycles. The molecule has 0 fully saturated rings. The van der Waals surface area contributed by atoms with E-state index in [0.717, 1.165) is 22.3 Å². The van der Waals surface area contributed by atoms with Gasteiger partial charge in [-0.25, -0.2) is 4.79 Å². The molecule has 0 radical (unpaired) electrons. The highest BCUT2D eigenvalue weighted by atomic mass is 35.5. The Kier molecular flexibility index (Phi) is 4.18. The predicted octanol–water partition coefficient (Wildman–Crippen LogP) is 5.04. The summed E-state index contributed by atoms with van der Waals surface area (Å²) in [5.74, 6) is 0.697. The standard InChI is InChI=1S/C19H20ClNO3/c1-11-4-7-15(20)14(8-11)12-5-6-13-16(9-12)24-10-19(2,3)17(13)21-18(22)23/h4-9,17,21H,10H2,1-3H3,(H,22,23). The van der Waals surface area contributed by atoms with E-state index in [-0.39, 0.29) is 11.5 Å². The number of aryl methyl sites for hydroxylation is 1. The van der Waals surface area contributed by atoms with E-state index in [4.69, 9.17) is 21.4 Å². The third kappa shape index (κ3) is 3.06. The van der Waals surface area contributed by atoms with E-state index in [0.29, 0.717) is 17.4 Å². The van der Waals surface area contributed by atoms with Crippen LogP contribution in [0.5, 0.6) is 5.75 Å². The highest BCUT2D eigenvalue weighted by Crippen LogP contribution is 2.44. The average molecular weight is 346 g/mol. The SMILES string of the molecule is Cc1ccc(Cl)c(-c2ccc3c(c2)OCC(C)(C)C3NC(=O)O)c1. The van der Waals surface area contributed by atoms with E-state index < -0.39 is 6.09 Å². The molecule has 2 aromatic rings. The number of hydrogen-bond donors (Lipinski definition) is 2. The second-order valence-electron chi connectivity index (χ2n) is 6.90. The molecule has 1 aliphatic rings. The number of benzene rings is 2.